The molecule has 0 unspecified atom stereocenters. The summed E-state index contributed by atoms with van der Waals surface area (Å²) in [6, 6.07) is 15.0. The van der Waals surface area contributed by atoms with Gasteiger partial charge in [0.25, 0.3) is 0 Å². The van der Waals surface area contributed by atoms with E-state index in [2.05, 4.69) is 10.3 Å². The highest BCUT2D eigenvalue weighted by molar-refractivity contribution is 8.00. The van der Waals surface area contributed by atoms with Gasteiger partial charge in [-0.2, -0.15) is 18.4 Å². The first-order valence-corrected chi connectivity index (χ1v) is 11.6. The van der Waals surface area contributed by atoms with Gasteiger partial charge in [0.15, 0.2) is 0 Å². The van der Waals surface area contributed by atoms with Crippen LogP contribution < -0.4 is 5.32 Å². The van der Waals surface area contributed by atoms with E-state index in [1.165, 1.54) is 11.3 Å². The summed E-state index contributed by atoms with van der Waals surface area (Å²) in [7, 11) is 0. The molecule has 166 valence electrons. The molecule has 0 fully saturated rings. The number of rotatable bonds is 7. The summed E-state index contributed by atoms with van der Waals surface area (Å²) in [6.07, 6.45) is -4.36. The van der Waals surface area contributed by atoms with Crippen LogP contribution in [0.5, 0.6) is 0 Å². The minimum atomic E-state index is -4.72. The molecule has 3 rings (SSSR count). The molecule has 0 saturated carbocycles. The Labute approximate surface area is 192 Å². The van der Waals surface area contributed by atoms with E-state index in [0.717, 1.165) is 23.4 Å². The quantitative estimate of drug-likeness (QED) is 0.399. The Hall–Kier alpha value is -2.83. The Kier molecular flexibility index (Phi) is 7.59. The first-order valence-electron chi connectivity index (χ1n) is 9.82. The third-order valence-electron chi connectivity index (χ3n) is 4.75. The van der Waals surface area contributed by atoms with Gasteiger partial charge in [0.05, 0.1) is 33.0 Å². The van der Waals surface area contributed by atoms with E-state index < -0.39 is 22.6 Å². The molecule has 0 saturated heterocycles. The summed E-state index contributed by atoms with van der Waals surface area (Å²) in [6.45, 7) is 3.60. The zero-order valence-electron chi connectivity index (χ0n) is 17.3. The number of amides is 1. The fourth-order valence-electron chi connectivity index (χ4n) is 3.08. The van der Waals surface area contributed by atoms with Crippen LogP contribution in [0, 0.1) is 11.3 Å². The number of nitrogens with zero attached hydrogens (tertiary/aromatic N) is 2. The number of benzene rings is 1. The van der Waals surface area contributed by atoms with E-state index in [1.807, 2.05) is 37.3 Å². The van der Waals surface area contributed by atoms with Gasteiger partial charge in [0.1, 0.15) is 11.1 Å². The highest BCUT2D eigenvalue weighted by atomic mass is 32.2. The van der Waals surface area contributed by atoms with Gasteiger partial charge >= 0.3 is 6.18 Å². The van der Waals surface area contributed by atoms with Crippen LogP contribution in [0.25, 0.3) is 10.6 Å². The largest absolute Gasteiger partial charge is 0.417 e. The molecule has 3 aromatic rings. The smallest absolute Gasteiger partial charge is 0.349 e. The number of nitriles is 1. The summed E-state index contributed by atoms with van der Waals surface area (Å²) in [5.41, 5.74) is -0.573. The van der Waals surface area contributed by atoms with Gasteiger partial charge < -0.3 is 5.32 Å². The number of hydrogen-bond donors (Lipinski definition) is 1. The molecule has 1 N–H and O–H groups in total. The Morgan fingerprint density at radius 3 is 2.53 bits per heavy atom. The SMILES string of the molecule is CC[C@@H](Sc1nc(-c2cccs2)cc(C(F)(F)F)c1C#N)C(=O)N[C@H](C)c1ccccc1. The van der Waals surface area contributed by atoms with Crippen molar-refractivity contribution in [2.75, 3.05) is 0 Å². The number of carbonyl (C=O) groups excluding carboxylic acids is 1. The van der Waals surface area contributed by atoms with Gasteiger partial charge in [-0.05, 0) is 36.4 Å². The van der Waals surface area contributed by atoms with Crippen LogP contribution in [0.1, 0.15) is 43.0 Å². The maximum absolute atomic E-state index is 13.7. The molecule has 0 radical (unpaired) electrons. The molecule has 4 nitrogen and oxygen atoms in total. The molecule has 1 amide bonds. The standard InChI is InChI=1S/C23H20F3N3OS2/c1-3-19(21(30)28-14(2)15-8-5-4-6-9-15)32-22-16(13-27)17(23(24,25)26)12-18(29-22)20-10-7-11-31-20/h4-12,14,19H,3H2,1-2H3,(H,28,30)/t14-,19-/m1/s1. The lowest BCUT2D eigenvalue weighted by atomic mass is 10.1. The van der Waals surface area contributed by atoms with Crippen LogP contribution >= 0.6 is 23.1 Å². The van der Waals surface area contributed by atoms with Crippen molar-refractivity contribution in [1.29, 1.82) is 5.26 Å². The highest BCUT2D eigenvalue weighted by Crippen LogP contribution is 2.40. The van der Waals surface area contributed by atoms with Gasteiger partial charge in [-0.25, -0.2) is 4.98 Å². The van der Waals surface area contributed by atoms with Gasteiger partial charge in [-0.1, -0.05) is 55.1 Å². The van der Waals surface area contributed by atoms with Crippen LogP contribution in [0.15, 0.2) is 58.9 Å². The molecule has 0 aliphatic carbocycles. The minimum Gasteiger partial charge on any atom is -0.349 e. The molecule has 2 aromatic heterocycles. The fourth-order valence-corrected chi connectivity index (χ4v) is 4.80. The topological polar surface area (TPSA) is 65.8 Å². The van der Waals surface area contributed by atoms with Crippen molar-refractivity contribution < 1.29 is 18.0 Å². The molecular formula is C23H20F3N3OS2. The van der Waals surface area contributed by atoms with Crippen molar-refractivity contribution in [3.63, 3.8) is 0 Å². The normalized spacial score (nSPS) is 13.2. The first-order chi connectivity index (χ1) is 15.2. The summed E-state index contributed by atoms with van der Waals surface area (Å²) < 4.78 is 41.1. The van der Waals surface area contributed by atoms with E-state index >= 15 is 0 Å². The van der Waals surface area contributed by atoms with E-state index in [9.17, 15) is 23.2 Å². The molecular weight excluding hydrogens is 455 g/mol. The maximum atomic E-state index is 13.7. The third-order valence-corrected chi connectivity index (χ3v) is 7.00. The number of halogens is 3. The molecule has 0 bridgehead atoms. The first kappa shape index (κ1) is 23.8. The number of thioether (sulfide) groups is 1. The zero-order chi connectivity index (χ0) is 23.3. The van der Waals surface area contributed by atoms with Crippen LogP contribution in [0.2, 0.25) is 0 Å². The Morgan fingerprint density at radius 1 is 1.25 bits per heavy atom. The number of pyridine rings is 1. The molecule has 0 spiro atoms. The van der Waals surface area contributed by atoms with Crippen molar-refractivity contribution in [2.45, 2.75) is 42.8 Å². The predicted octanol–water partition coefficient (Wildman–Crippen LogP) is 6.45. The van der Waals surface area contributed by atoms with Crippen LogP contribution in [-0.4, -0.2) is 16.1 Å². The van der Waals surface area contributed by atoms with Crippen molar-refractivity contribution in [3.05, 3.63) is 70.6 Å². The molecule has 32 heavy (non-hydrogen) atoms. The third kappa shape index (κ3) is 5.50. The zero-order valence-corrected chi connectivity index (χ0v) is 18.9. The molecule has 2 atom stereocenters. The van der Waals surface area contributed by atoms with Crippen molar-refractivity contribution >= 4 is 29.0 Å². The Morgan fingerprint density at radius 2 is 1.97 bits per heavy atom. The van der Waals surface area contributed by atoms with E-state index in [0.29, 0.717) is 11.3 Å². The van der Waals surface area contributed by atoms with E-state index in [1.54, 1.807) is 30.5 Å². The summed E-state index contributed by atoms with van der Waals surface area (Å²) in [4.78, 5) is 17.8. The summed E-state index contributed by atoms with van der Waals surface area (Å²) in [5.74, 6) is -0.324. The average Bonchev–Trinajstić information content (AvgIpc) is 3.31. The number of carbonyl (C=O) groups is 1. The summed E-state index contributed by atoms with van der Waals surface area (Å²) in [5, 5.41) is 13.3. The molecule has 0 aliphatic heterocycles. The number of thiophene rings is 1. The maximum Gasteiger partial charge on any atom is 0.417 e. The second-order valence-electron chi connectivity index (χ2n) is 6.98. The van der Waals surface area contributed by atoms with Crippen LogP contribution in [0.4, 0.5) is 13.2 Å². The monoisotopic (exact) mass is 475 g/mol. The van der Waals surface area contributed by atoms with Gasteiger partial charge in [0.2, 0.25) is 5.91 Å². The van der Waals surface area contributed by atoms with E-state index in [4.69, 9.17) is 0 Å². The number of nitrogens with one attached hydrogen (secondary N) is 1. The predicted molar refractivity (Wildman–Crippen MR) is 120 cm³/mol. The lowest BCUT2D eigenvalue weighted by Crippen LogP contribution is -2.34. The molecule has 9 heteroatoms. The highest BCUT2D eigenvalue weighted by Gasteiger charge is 2.37. The van der Waals surface area contributed by atoms with Gasteiger partial charge in [-0.3, -0.25) is 4.79 Å². The Bertz CT molecular complexity index is 1110. The van der Waals surface area contributed by atoms with Crippen molar-refractivity contribution in [3.8, 4) is 16.6 Å². The van der Waals surface area contributed by atoms with Crippen molar-refractivity contribution in [1.82, 2.24) is 10.3 Å². The second-order valence-corrected chi connectivity index (χ2v) is 9.12. The number of hydrogen-bond acceptors (Lipinski definition) is 5. The minimum absolute atomic E-state index is 0.0971. The molecule has 1 aromatic carbocycles. The second kappa shape index (κ2) is 10.2. The average molecular weight is 476 g/mol. The van der Waals surface area contributed by atoms with Gasteiger partial charge in [-0.15, -0.1) is 11.3 Å². The number of aromatic nitrogens is 1. The molecule has 0 aliphatic rings. The van der Waals surface area contributed by atoms with E-state index in [-0.39, 0.29) is 22.7 Å². The Balaban J connectivity index is 1.94. The number of alkyl halides is 3. The van der Waals surface area contributed by atoms with Crippen LogP contribution in [0.3, 0.4) is 0 Å². The fraction of sp³-hybridized carbons (Fsp3) is 0.261. The molecule has 2 heterocycles. The van der Waals surface area contributed by atoms with Gasteiger partial charge in [0, 0.05) is 0 Å². The lowest BCUT2D eigenvalue weighted by molar-refractivity contribution is -0.138. The lowest BCUT2D eigenvalue weighted by Gasteiger charge is -2.20. The van der Waals surface area contributed by atoms with Crippen molar-refractivity contribution in [2.24, 2.45) is 0 Å². The summed E-state index contributed by atoms with van der Waals surface area (Å²) >= 11 is 2.14. The van der Waals surface area contributed by atoms with Crippen LogP contribution in [-0.2, 0) is 11.0 Å².